The van der Waals surface area contributed by atoms with Crippen molar-refractivity contribution in [1.29, 1.82) is 0 Å². The number of nitrogens with one attached hydrogen (secondary N) is 1. The summed E-state index contributed by atoms with van der Waals surface area (Å²) in [5, 5.41) is 2.75. The van der Waals surface area contributed by atoms with Crippen LogP contribution in [-0.2, 0) is 4.74 Å². The minimum absolute atomic E-state index is 0.146. The minimum Gasteiger partial charge on any atom is -0.444 e. The van der Waals surface area contributed by atoms with Gasteiger partial charge in [0.15, 0.2) is 0 Å². The fourth-order valence-corrected chi connectivity index (χ4v) is 2.34. The molecule has 2 amide bonds. The molecule has 1 aromatic carbocycles. The van der Waals surface area contributed by atoms with Crippen molar-refractivity contribution in [2.75, 3.05) is 13.1 Å². The Bertz CT molecular complexity index is 569. The van der Waals surface area contributed by atoms with Crippen LogP contribution in [0, 0.1) is 5.82 Å². The Morgan fingerprint density at radius 3 is 2.73 bits per heavy atom. The lowest BCUT2D eigenvalue weighted by atomic mass is 10.2. The normalized spacial score (nSPS) is 18.2. The topological polar surface area (TPSA) is 58.6 Å². The number of likely N-dealkylation sites (tertiary alicyclic amines) is 1. The third-order valence-corrected chi connectivity index (χ3v) is 3.27. The van der Waals surface area contributed by atoms with Gasteiger partial charge in [0.25, 0.3) is 5.91 Å². The summed E-state index contributed by atoms with van der Waals surface area (Å²) in [6.45, 7) is 6.30. The van der Waals surface area contributed by atoms with Crippen molar-refractivity contribution in [3.05, 3.63) is 35.6 Å². The number of rotatable bonds is 2. The summed E-state index contributed by atoms with van der Waals surface area (Å²) in [5.41, 5.74) is -0.238. The first-order valence-electron chi connectivity index (χ1n) is 7.29. The summed E-state index contributed by atoms with van der Waals surface area (Å²) in [6.07, 6.45) is 0.165. The van der Waals surface area contributed by atoms with Gasteiger partial charge in [-0.2, -0.15) is 0 Å². The third kappa shape index (κ3) is 4.44. The molecule has 1 N–H and O–H groups in total. The van der Waals surface area contributed by atoms with Crippen LogP contribution in [0.15, 0.2) is 24.3 Å². The van der Waals surface area contributed by atoms with Crippen molar-refractivity contribution < 1.29 is 18.7 Å². The van der Waals surface area contributed by atoms with Gasteiger partial charge in [-0.3, -0.25) is 4.79 Å². The number of benzene rings is 1. The monoisotopic (exact) mass is 308 g/mol. The van der Waals surface area contributed by atoms with Gasteiger partial charge in [-0.1, -0.05) is 6.07 Å². The number of ether oxygens (including phenoxy) is 1. The molecule has 0 radical (unpaired) electrons. The molecule has 2 rings (SSSR count). The number of alkyl carbamates (subject to hydrolysis) is 1. The maximum atomic E-state index is 13.2. The molecule has 5 nitrogen and oxygen atoms in total. The first-order valence-corrected chi connectivity index (χ1v) is 7.29. The van der Waals surface area contributed by atoms with Gasteiger partial charge in [-0.25, -0.2) is 9.18 Å². The highest BCUT2D eigenvalue weighted by Crippen LogP contribution is 2.15. The molecule has 0 aliphatic carbocycles. The number of amides is 2. The molecule has 0 saturated carbocycles. The van der Waals surface area contributed by atoms with Crippen LogP contribution in [0.3, 0.4) is 0 Å². The van der Waals surface area contributed by atoms with Gasteiger partial charge >= 0.3 is 6.09 Å². The molecule has 0 aromatic heterocycles. The molecule has 1 atom stereocenters. The molecule has 1 saturated heterocycles. The smallest absolute Gasteiger partial charge is 0.407 e. The number of carbonyl (C=O) groups excluding carboxylic acids is 2. The summed E-state index contributed by atoms with van der Waals surface area (Å²) in [6, 6.07) is 5.46. The zero-order chi connectivity index (χ0) is 16.3. The molecule has 1 unspecified atom stereocenters. The highest BCUT2D eigenvalue weighted by Gasteiger charge is 2.29. The van der Waals surface area contributed by atoms with Crippen LogP contribution in [0.4, 0.5) is 9.18 Å². The number of hydrogen-bond donors (Lipinski definition) is 1. The van der Waals surface area contributed by atoms with E-state index in [0.717, 1.165) is 0 Å². The quantitative estimate of drug-likeness (QED) is 0.913. The lowest BCUT2D eigenvalue weighted by Gasteiger charge is -2.22. The standard InChI is InChI=1S/C16H21FN2O3/c1-16(2,3)22-15(21)18-13-7-8-19(10-13)14(20)11-5-4-6-12(17)9-11/h4-6,9,13H,7-8,10H2,1-3H3,(H,18,21). The molecule has 1 heterocycles. The van der Waals surface area contributed by atoms with E-state index in [9.17, 15) is 14.0 Å². The van der Waals surface area contributed by atoms with Gasteiger partial charge < -0.3 is 15.0 Å². The Balaban J connectivity index is 1.90. The maximum Gasteiger partial charge on any atom is 0.407 e. The number of carbonyl (C=O) groups is 2. The first-order chi connectivity index (χ1) is 10.2. The van der Waals surface area contributed by atoms with Gasteiger partial charge in [-0.05, 0) is 45.4 Å². The van der Waals surface area contributed by atoms with E-state index in [-0.39, 0.29) is 11.9 Å². The molecule has 120 valence electrons. The van der Waals surface area contributed by atoms with Gasteiger partial charge in [0, 0.05) is 18.7 Å². The third-order valence-electron chi connectivity index (χ3n) is 3.27. The average Bonchev–Trinajstić information content (AvgIpc) is 2.84. The Morgan fingerprint density at radius 1 is 1.36 bits per heavy atom. The fourth-order valence-electron chi connectivity index (χ4n) is 2.34. The molecule has 1 fully saturated rings. The van der Waals surface area contributed by atoms with Gasteiger partial charge in [0.2, 0.25) is 0 Å². The van der Waals surface area contributed by atoms with E-state index in [4.69, 9.17) is 4.74 Å². The molecule has 1 aromatic rings. The average molecular weight is 308 g/mol. The van der Waals surface area contributed by atoms with E-state index in [1.165, 1.54) is 18.2 Å². The molecule has 0 spiro atoms. The van der Waals surface area contributed by atoms with Crippen molar-refractivity contribution >= 4 is 12.0 Å². The van der Waals surface area contributed by atoms with E-state index < -0.39 is 17.5 Å². The minimum atomic E-state index is -0.556. The molecule has 22 heavy (non-hydrogen) atoms. The molecular weight excluding hydrogens is 287 g/mol. The van der Waals surface area contributed by atoms with Crippen LogP contribution in [0.1, 0.15) is 37.6 Å². The Hall–Kier alpha value is -2.11. The summed E-state index contributed by atoms with van der Waals surface area (Å²) in [7, 11) is 0. The lowest BCUT2D eigenvalue weighted by molar-refractivity contribution is 0.0502. The Labute approximate surface area is 129 Å². The Morgan fingerprint density at radius 2 is 2.09 bits per heavy atom. The zero-order valence-electron chi connectivity index (χ0n) is 13.1. The van der Waals surface area contributed by atoms with Gasteiger partial charge in [-0.15, -0.1) is 0 Å². The zero-order valence-corrected chi connectivity index (χ0v) is 13.1. The summed E-state index contributed by atoms with van der Waals surface area (Å²) in [5.74, 6) is -0.665. The highest BCUT2D eigenvalue weighted by atomic mass is 19.1. The molecular formula is C16H21FN2O3. The van der Waals surface area contributed by atoms with Crippen LogP contribution in [0.2, 0.25) is 0 Å². The fraction of sp³-hybridized carbons (Fsp3) is 0.500. The molecule has 6 heteroatoms. The largest absolute Gasteiger partial charge is 0.444 e. The highest BCUT2D eigenvalue weighted by molar-refractivity contribution is 5.94. The van der Waals surface area contributed by atoms with Crippen molar-refractivity contribution in [2.24, 2.45) is 0 Å². The number of halogens is 1. The molecule has 1 aliphatic rings. The van der Waals surface area contributed by atoms with E-state index in [1.54, 1.807) is 31.7 Å². The number of hydrogen-bond acceptors (Lipinski definition) is 3. The second kappa shape index (κ2) is 6.34. The van der Waals surface area contributed by atoms with Crippen LogP contribution >= 0.6 is 0 Å². The van der Waals surface area contributed by atoms with Gasteiger partial charge in [0.1, 0.15) is 11.4 Å². The van der Waals surface area contributed by atoms with Gasteiger partial charge in [0.05, 0.1) is 6.04 Å². The van der Waals surface area contributed by atoms with Crippen molar-refractivity contribution in [2.45, 2.75) is 38.8 Å². The van der Waals surface area contributed by atoms with Crippen molar-refractivity contribution in [3.63, 3.8) is 0 Å². The predicted octanol–water partition coefficient (Wildman–Crippen LogP) is 2.56. The van der Waals surface area contributed by atoms with Crippen LogP contribution in [-0.4, -0.2) is 41.6 Å². The van der Waals surface area contributed by atoms with Crippen molar-refractivity contribution in [1.82, 2.24) is 10.2 Å². The van der Waals surface area contributed by atoms with E-state index in [1.807, 2.05) is 0 Å². The molecule has 1 aliphatic heterocycles. The predicted molar refractivity (Wildman–Crippen MR) is 80.1 cm³/mol. The van der Waals surface area contributed by atoms with Crippen LogP contribution in [0.5, 0.6) is 0 Å². The SMILES string of the molecule is CC(C)(C)OC(=O)NC1CCN(C(=O)c2cccc(F)c2)C1. The second-order valence-corrected chi connectivity index (χ2v) is 6.39. The summed E-state index contributed by atoms with van der Waals surface area (Å²) >= 11 is 0. The van der Waals surface area contributed by atoms with Crippen LogP contribution < -0.4 is 5.32 Å². The Kier molecular flexibility index (Phi) is 4.68. The summed E-state index contributed by atoms with van der Waals surface area (Å²) < 4.78 is 18.4. The van der Waals surface area contributed by atoms with E-state index in [2.05, 4.69) is 5.32 Å². The van der Waals surface area contributed by atoms with E-state index >= 15 is 0 Å². The summed E-state index contributed by atoms with van der Waals surface area (Å²) in [4.78, 5) is 25.6. The van der Waals surface area contributed by atoms with Crippen molar-refractivity contribution in [3.8, 4) is 0 Å². The number of nitrogens with zero attached hydrogens (tertiary/aromatic N) is 1. The van der Waals surface area contributed by atoms with Crippen LogP contribution in [0.25, 0.3) is 0 Å². The maximum absolute atomic E-state index is 13.2. The molecule has 0 bridgehead atoms. The second-order valence-electron chi connectivity index (χ2n) is 6.39. The first kappa shape index (κ1) is 16.3. The van der Waals surface area contributed by atoms with E-state index in [0.29, 0.717) is 25.1 Å². The lowest BCUT2D eigenvalue weighted by Crippen LogP contribution is -2.41.